The van der Waals surface area contributed by atoms with E-state index in [4.69, 9.17) is 11.0 Å². The Morgan fingerprint density at radius 3 is 2.87 bits per heavy atom. The number of anilines is 1. The highest BCUT2D eigenvalue weighted by atomic mass is 79.9. The van der Waals surface area contributed by atoms with E-state index in [0.29, 0.717) is 21.8 Å². The first-order valence-electron chi connectivity index (χ1n) is 4.09. The molecule has 6 heteroatoms. The van der Waals surface area contributed by atoms with Crippen molar-refractivity contribution in [2.45, 2.75) is 0 Å². The summed E-state index contributed by atoms with van der Waals surface area (Å²) in [6.07, 6.45) is 1.69. The number of pyridine rings is 1. The largest absolute Gasteiger partial charge is 0.381 e. The summed E-state index contributed by atoms with van der Waals surface area (Å²) >= 11 is 3.25. The lowest BCUT2D eigenvalue weighted by Crippen LogP contribution is -1.99. The SMILES string of the molecule is N#Cc1cccc(-n2cc(Br)c(N)n2)n1. The van der Waals surface area contributed by atoms with Crippen LogP contribution in [0.5, 0.6) is 0 Å². The molecule has 0 saturated carbocycles. The van der Waals surface area contributed by atoms with Gasteiger partial charge in [-0.05, 0) is 28.1 Å². The highest BCUT2D eigenvalue weighted by Crippen LogP contribution is 2.18. The van der Waals surface area contributed by atoms with Crippen LogP contribution in [0.25, 0.3) is 5.82 Å². The fraction of sp³-hybridized carbons (Fsp3) is 0. The van der Waals surface area contributed by atoms with E-state index in [2.05, 4.69) is 26.0 Å². The summed E-state index contributed by atoms with van der Waals surface area (Å²) in [5, 5.41) is 12.7. The quantitative estimate of drug-likeness (QED) is 0.845. The standard InChI is InChI=1S/C9H6BrN5/c10-7-5-15(14-9(7)12)8-3-1-2-6(4-11)13-8/h1-3,5H,(H2,12,14). The smallest absolute Gasteiger partial charge is 0.160 e. The molecule has 0 amide bonds. The maximum Gasteiger partial charge on any atom is 0.160 e. The number of halogens is 1. The number of hydrogen-bond acceptors (Lipinski definition) is 4. The fourth-order valence-corrected chi connectivity index (χ4v) is 1.37. The van der Waals surface area contributed by atoms with Crippen LogP contribution < -0.4 is 5.73 Å². The van der Waals surface area contributed by atoms with Gasteiger partial charge in [-0.15, -0.1) is 5.10 Å². The normalized spacial score (nSPS) is 9.87. The zero-order valence-corrected chi connectivity index (χ0v) is 9.14. The first-order chi connectivity index (χ1) is 7.20. The molecule has 0 bridgehead atoms. The molecular formula is C9H6BrN5. The Labute approximate surface area is 94.3 Å². The molecule has 0 aliphatic carbocycles. The maximum absolute atomic E-state index is 8.69. The molecular weight excluding hydrogens is 258 g/mol. The summed E-state index contributed by atoms with van der Waals surface area (Å²) in [4.78, 5) is 4.08. The lowest BCUT2D eigenvalue weighted by molar-refractivity contribution is 0.849. The van der Waals surface area contributed by atoms with Crippen LogP contribution >= 0.6 is 15.9 Å². The van der Waals surface area contributed by atoms with Crippen molar-refractivity contribution in [1.82, 2.24) is 14.8 Å². The van der Waals surface area contributed by atoms with Crippen LogP contribution in [0.1, 0.15) is 5.69 Å². The highest BCUT2D eigenvalue weighted by molar-refractivity contribution is 9.10. The molecule has 0 spiro atoms. The molecule has 0 fully saturated rings. The van der Waals surface area contributed by atoms with E-state index in [0.717, 1.165) is 0 Å². The van der Waals surface area contributed by atoms with Gasteiger partial charge in [-0.3, -0.25) is 0 Å². The van der Waals surface area contributed by atoms with Crippen molar-refractivity contribution in [2.75, 3.05) is 5.73 Å². The topological polar surface area (TPSA) is 80.5 Å². The highest BCUT2D eigenvalue weighted by Gasteiger charge is 2.05. The van der Waals surface area contributed by atoms with Gasteiger partial charge < -0.3 is 5.73 Å². The third kappa shape index (κ3) is 1.82. The molecule has 2 aromatic rings. The van der Waals surface area contributed by atoms with Crippen molar-refractivity contribution in [2.24, 2.45) is 0 Å². The zero-order chi connectivity index (χ0) is 10.8. The molecule has 0 aromatic carbocycles. The van der Waals surface area contributed by atoms with Crippen molar-refractivity contribution >= 4 is 21.7 Å². The predicted octanol–water partition coefficient (Wildman–Crippen LogP) is 1.48. The van der Waals surface area contributed by atoms with E-state index in [1.54, 1.807) is 24.4 Å². The maximum atomic E-state index is 8.69. The molecule has 2 heterocycles. The fourth-order valence-electron chi connectivity index (χ4n) is 1.10. The average molecular weight is 264 g/mol. The van der Waals surface area contributed by atoms with Gasteiger partial charge in [0.05, 0.1) is 4.47 Å². The molecule has 74 valence electrons. The van der Waals surface area contributed by atoms with Gasteiger partial charge in [0.15, 0.2) is 11.6 Å². The lowest BCUT2D eigenvalue weighted by atomic mass is 10.4. The van der Waals surface area contributed by atoms with E-state index < -0.39 is 0 Å². The summed E-state index contributed by atoms with van der Waals surface area (Å²) in [7, 11) is 0. The van der Waals surface area contributed by atoms with E-state index in [-0.39, 0.29) is 0 Å². The third-order valence-electron chi connectivity index (χ3n) is 1.78. The van der Waals surface area contributed by atoms with Gasteiger partial charge in [0.25, 0.3) is 0 Å². The zero-order valence-electron chi connectivity index (χ0n) is 7.55. The summed E-state index contributed by atoms with van der Waals surface area (Å²) in [5.74, 6) is 0.950. The molecule has 0 aliphatic heterocycles. The molecule has 2 aromatic heterocycles. The average Bonchev–Trinajstić information content (AvgIpc) is 2.59. The van der Waals surface area contributed by atoms with Crippen molar-refractivity contribution < 1.29 is 0 Å². The Morgan fingerprint density at radius 2 is 2.27 bits per heavy atom. The Hall–Kier alpha value is -1.87. The van der Waals surface area contributed by atoms with Crippen LogP contribution in [0.3, 0.4) is 0 Å². The number of nitrogen functional groups attached to an aromatic ring is 1. The predicted molar refractivity (Wildman–Crippen MR) is 58.2 cm³/mol. The van der Waals surface area contributed by atoms with E-state index in [9.17, 15) is 0 Å². The van der Waals surface area contributed by atoms with E-state index in [1.807, 2.05) is 6.07 Å². The third-order valence-corrected chi connectivity index (χ3v) is 2.39. The molecule has 5 nitrogen and oxygen atoms in total. The summed E-state index contributed by atoms with van der Waals surface area (Å²) in [5.41, 5.74) is 5.92. The van der Waals surface area contributed by atoms with Gasteiger partial charge in [0.1, 0.15) is 11.8 Å². The van der Waals surface area contributed by atoms with Gasteiger partial charge in [0, 0.05) is 6.20 Å². The van der Waals surface area contributed by atoms with E-state index >= 15 is 0 Å². The van der Waals surface area contributed by atoms with Crippen LogP contribution in [-0.4, -0.2) is 14.8 Å². The Morgan fingerprint density at radius 1 is 1.47 bits per heavy atom. The number of rotatable bonds is 1. The second-order valence-electron chi connectivity index (χ2n) is 2.80. The van der Waals surface area contributed by atoms with Crippen LogP contribution in [0.2, 0.25) is 0 Å². The van der Waals surface area contributed by atoms with Gasteiger partial charge >= 0.3 is 0 Å². The Bertz CT molecular complexity index is 520. The summed E-state index contributed by atoms with van der Waals surface area (Å²) < 4.78 is 2.21. The number of nitrogens with two attached hydrogens (primary N) is 1. The first-order valence-corrected chi connectivity index (χ1v) is 4.88. The van der Waals surface area contributed by atoms with Crippen molar-refractivity contribution in [3.8, 4) is 11.9 Å². The second kappa shape index (κ2) is 3.71. The van der Waals surface area contributed by atoms with E-state index in [1.165, 1.54) is 4.68 Å². The molecule has 0 unspecified atom stereocenters. The van der Waals surface area contributed by atoms with Crippen LogP contribution in [-0.2, 0) is 0 Å². The van der Waals surface area contributed by atoms with Crippen molar-refractivity contribution in [3.05, 3.63) is 34.6 Å². The van der Waals surface area contributed by atoms with Gasteiger partial charge in [-0.25, -0.2) is 9.67 Å². The number of nitrogens with zero attached hydrogens (tertiary/aromatic N) is 4. The van der Waals surface area contributed by atoms with Gasteiger partial charge in [-0.1, -0.05) is 6.07 Å². The number of hydrogen-bond donors (Lipinski definition) is 1. The van der Waals surface area contributed by atoms with Crippen molar-refractivity contribution in [3.63, 3.8) is 0 Å². The van der Waals surface area contributed by atoms with Gasteiger partial charge in [-0.2, -0.15) is 5.26 Å². The van der Waals surface area contributed by atoms with Crippen LogP contribution in [0, 0.1) is 11.3 Å². The van der Waals surface area contributed by atoms with Crippen molar-refractivity contribution in [1.29, 1.82) is 5.26 Å². The molecule has 0 radical (unpaired) electrons. The number of aromatic nitrogens is 3. The van der Waals surface area contributed by atoms with Gasteiger partial charge in [0.2, 0.25) is 0 Å². The monoisotopic (exact) mass is 263 g/mol. The molecule has 0 atom stereocenters. The minimum absolute atomic E-state index is 0.345. The number of nitriles is 1. The Kier molecular flexibility index (Phi) is 2.39. The van der Waals surface area contributed by atoms with Crippen LogP contribution in [0.15, 0.2) is 28.9 Å². The summed E-state index contributed by atoms with van der Waals surface area (Å²) in [6.45, 7) is 0. The minimum atomic E-state index is 0.345. The van der Waals surface area contributed by atoms with Crippen LogP contribution in [0.4, 0.5) is 5.82 Å². The lowest BCUT2D eigenvalue weighted by Gasteiger charge is -1.98. The first kappa shape index (κ1) is 9.68. The molecule has 0 aliphatic rings. The molecule has 0 saturated heterocycles. The molecule has 15 heavy (non-hydrogen) atoms. The summed E-state index contributed by atoms with van der Waals surface area (Å²) in [6, 6.07) is 7.09. The Balaban J connectivity index is 2.50. The molecule has 2 N–H and O–H groups in total. The minimum Gasteiger partial charge on any atom is -0.381 e. The second-order valence-corrected chi connectivity index (χ2v) is 3.65. The molecule has 2 rings (SSSR count).